The molecule has 0 radical (unpaired) electrons. The van der Waals surface area contributed by atoms with Gasteiger partial charge in [0.2, 0.25) is 0 Å². The topological polar surface area (TPSA) is 35.5 Å². The summed E-state index contributed by atoms with van der Waals surface area (Å²) in [7, 11) is 2.27. The molecular formula is C16H32N2O. The Bertz CT molecular complexity index is 259. The third kappa shape index (κ3) is 5.05. The van der Waals surface area contributed by atoms with Crippen LogP contribution >= 0.6 is 0 Å². The van der Waals surface area contributed by atoms with Gasteiger partial charge in [0.05, 0.1) is 6.61 Å². The van der Waals surface area contributed by atoms with Crippen LogP contribution in [0.5, 0.6) is 0 Å². The van der Waals surface area contributed by atoms with E-state index in [1.54, 1.807) is 0 Å². The lowest BCUT2D eigenvalue weighted by atomic mass is 9.97. The van der Waals surface area contributed by atoms with Gasteiger partial charge in [0.1, 0.15) is 0 Å². The van der Waals surface area contributed by atoms with Gasteiger partial charge in [0.25, 0.3) is 0 Å². The van der Waals surface area contributed by atoms with Crippen molar-refractivity contribution in [2.45, 2.75) is 82.3 Å². The molecule has 3 heteroatoms. The maximum Gasteiger partial charge on any atom is 0.0611 e. The SMILES string of the molecule is CN(CCC(C)(CO)NC1CC1)C1CCCCCC1. The number of rotatable bonds is 7. The summed E-state index contributed by atoms with van der Waals surface area (Å²) in [6.07, 6.45) is 12.0. The Morgan fingerprint density at radius 2 is 1.74 bits per heavy atom. The van der Waals surface area contributed by atoms with E-state index < -0.39 is 0 Å². The summed E-state index contributed by atoms with van der Waals surface area (Å²) >= 11 is 0. The van der Waals surface area contributed by atoms with Crippen LogP contribution in [0.3, 0.4) is 0 Å². The molecule has 0 aromatic carbocycles. The lowest BCUT2D eigenvalue weighted by Crippen LogP contribution is -2.49. The molecule has 2 aliphatic rings. The first-order valence-electron chi connectivity index (χ1n) is 8.22. The normalized spacial score (nSPS) is 25.3. The molecule has 3 nitrogen and oxygen atoms in total. The number of nitrogens with one attached hydrogen (secondary N) is 1. The van der Waals surface area contributed by atoms with Gasteiger partial charge in [-0.2, -0.15) is 0 Å². The van der Waals surface area contributed by atoms with Gasteiger partial charge in [-0.3, -0.25) is 0 Å². The average molecular weight is 268 g/mol. The van der Waals surface area contributed by atoms with Gasteiger partial charge in [-0.25, -0.2) is 0 Å². The van der Waals surface area contributed by atoms with E-state index in [0.717, 1.165) is 19.0 Å². The lowest BCUT2D eigenvalue weighted by molar-refractivity contribution is 0.134. The Kier molecular flexibility index (Phi) is 5.67. The second kappa shape index (κ2) is 7.05. The zero-order chi connectivity index (χ0) is 13.7. The van der Waals surface area contributed by atoms with Crippen LogP contribution in [-0.2, 0) is 0 Å². The molecule has 0 aromatic rings. The van der Waals surface area contributed by atoms with Crippen molar-refractivity contribution in [1.29, 1.82) is 0 Å². The highest BCUT2D eigenvalue weighted by molar-refractivity contribution is 4.93. The molecule has 2 saturated carbocycles. The fourth-order valence-corrected chi connectivity index (χ4v) is 3.22. The van der Waals surface area contributed by atoms with E-state index in [4.69, 9.17) is 0 Å². The van der Waals surface area contributed by atoms with Crippen LogP contribution in [0.4, 0.5) is 0 Å². The van der Waals surface area contributed by atoms with E-state index in [9.17, 15) is 5.11 Å². The van der Waals surface area contributed by atoms with Crippen molar-refractivity contribution in [1.82, 2.24) is 10.2 Å². The maximum absolute atomic E-state index is 9.65. The van der Waals surface area contributed by atoms with Gasteiger partial charge in [0, 0.05) is 17.6 Å². The van der Waals surface area contributed by atoms with E-state index in [1.807, 2.05) is 0 Å². The second-order valence-electron chi connectivity index (χ2n) is 7.01. The van der Waals surface area contributed by atoms with Crippen molar-refractivity contribution in [2.75, 3.05) is 20.2 Å². The molecular weight excluding hydrogens is 236 g/mol. The Morgan fingerprint density at radius 1 is 1.11 bits per heavy atom. The minimum atomic E-state index is -0.0832. The molecule has 1 atom stereocenters. The molecule has 0 aliphatic heterocycles. The summed E-state index contributed by atoms with van der Waals surface area (Å²) in [6.45, 7) is 3.52. The molecule has 0 aromatic heterocycles. The molecule has 1 unspecified atom stereocenters. The Balaban J connectivity index is 1.75. The second-order valence-corrected chi connectivity index (χ2v) is 7.01. The fourth-order valence-electron chi connectivity index (χ4n) is 3.22. The molecule has 0 saturated heterocycles. The maximum atomic E-state index is 9.65. The molecule has 0 spiro atoms. The van der Waals surface area contributed by atoms with Gasteiger partial charge in [-0.05, 0) is 52.6 Å². The van der Waals surface area contributed by atoms with Crippen molar-refractivity contribution in [3.63, 3.8) is 0 Å². The zero-order valence-corrected chi connectivity index (χ0v) is 12.8. The predicted molar refractivity (Wildman–Crippen MR) is 80.4 cm³/mol. The molecule has 2 N–H and O–H groups in total. The number of aliphatic hydroxyl groups excluding tert-OH is 1. The van der Waals surface area contributed by atoms with Crippen LogP contribution in [-0.4, -0.2) is 47.8 Å². The number of hydrogen-bond donors (Lipinski definition) is 2. The van der Waals surface area contributed by atoms with Gasteiger partial charge in [-0.15, -0.1) is 0 Å². The molecule has 2 rings (SSSR count). The van der Waals surface area contributed by atoms with E-state index in [2.05, 4.69) is 24.2 Å². The minimum absolute atomic E-state index is 0.0832. The fraction of sp³-hybridized carbons (Fsp3) is 1.00. The Hall–Kier alpha value is -0.120. The van der Waals surface area contributed by atoms with Crippen molar-refractivity contribution in [3.8, 4) is 0 Å². The molecule has 2 aliphatic carbocycles. The minimum Gasteiger partial charge on any atom is -0.394 e. The number of hydrogen-bond acceptors (Lipinski definition) is 3. The van der Waals surface area contributed by atoms with Crippen LogP contribution in [0.2, 0.25) is 0 Å². The first-order chi connectivity index (χ1) is 9.13. The average Bonchev–Trinajstić information content (AvgIpc) is 3.22. The van der Waals surface area contributed by atoms with Crippen molar-refractivity contribution < 1.29 is 5.11 Å². The summed E-state index contributed by atoms with van der Waals surface area (Å²) in [5, 5.41) is 13.3. The smallest absolute Gasteiger partial charge is 0.0611 e. The number of aliphatic hydroxyl groups is 1. The number of nitrogens with zero attached hydrogens (tertiary/aromatic N) is 1. The van der Waals surface area contributed by atoms with Crippen LogP contribution < -0.4 is 5.32 Å². The summed E-state index contributed by atoms with van der Waals surface area (Å²) < 4.78 is 0. The quantitative estimate of drug-likeness (QED) is 0.697. The summed E-state index contributed by atoms with van der Waals surface area (Å²) in [6, 6.07) is 1.44. The highest BCUT2D eigenvalue weighted by atomic mass is 16.3. The van der Waals surface area contributed by atoms with E-state index >= 15 is 0 Å². The third-order valence-electron chi connectivity index (χ3n) is 4.94. The molecule has 0 heterocycles. The zero-order valence-electron chi connectivity index (χ0n) is 12.8. The molecule has 19 heavy (non-hydrogen) atoms. The van der Waals surface area contributed by atoms with Gasteiger partial charge in [0.15, 0.2) is 0 Å². The van der Waals surface area contributed by atoms with E-state index in [0.29, 0.717) is 6.04 Å². The summed E-state index contributed by atoms with van der Waals surface area (Å²) in [5.41, 5.74) is -0.0832. The van der Waals surface area contributed by atoms with Crippen LogP contribution in [0.15, 0.2) is 0 Å². The van der Waals surface area contributed by atoms with Crippen LogP contribution in [0.1, 0.15) is 64.7 Å². The van der Waals surface area contributed by atoms with Crippen LogP contribution in [0, 0.1) is 0 Å². The summed E-state index contributed by atoms with van der Waals surface area (Å²) in [5.74, 6) is 0. The Morgan fingerprint density at radius 3 is 2.26 bits per heavy atom. The summed E-state index contributed by atoms with van der Waals surface area (Å²) in [4.78, 5) is 2.54. The predicted octanol–water partition coefficient (Wildman–Crippen LogP) is 2.53. The van der Waals surface area contributed by atoms with Crippen molar-refractivity contribution in [3.05, 3.63) is 0 Å². The third-order valence-corrected chi connectivity index (χ3v) is 4.94. The van der Waals surface area contributed by atoms with Gasteiger partial charge < -0.3 is 15.3 Å². The highest BCUT2D eigenvalue weighted by Crippen LogP contribution is 2.25. The van der Waals surface area contributed by atoms with E-state index in [-0.39, 0.29) is 12.1 Å². The first kappa shape index (κ1) is 15.3. The monoisotopic (exact) mass is 268 g/mol. The standard InChI is InChI=1S/C16H32N2O/c1-16(13-19,17-14-9-10-14)11-12-18(2)15-7-5-3-4-6-8-15/h14-15,17,19H,3-13H2,1-2H3. The van der Waals surface area contributed by atoms with Crippen molar-refractivity contribution in [2.24, 2.45) is 0 Å². The lowest BCUT2D eigenvalue weighted by Gasteiger charge is -2.34. The van der Waals surface area contributed by atoms with Gasteiger partial charge >= 0.3 is 0 Å². The van der Waals surface area contributed by atoms with Gasteiger partial charge in [-0.1, -0.05) is 25.7 Å². The molecule has 2 fully saturated rings. The highest BCUT2D eigenvalue weighted by Gasteiger charge is 2.32. The van der Waals surface area contributed by atoms with E-state index in [1.165, 1.54) is 51.4 Å². The molecule has 0 amide bonds. The largest absolute Gasteiger partial charge is 0.394 e. The first-order valence-corrected chi connectivity index (χ1v) is 8.22. The van der Waals surface area contributed by atoms with Crippen molar-refractivity contribution >= 4 is 0 Å². The van der Waals surface area contributed by atoms with Crippen LogP contribution in [0.25, 0.3) is 0 Å². The molecule has 0 bridgehead atoms. The Labute approximate surface area is 118 Å². The molecule has 112 valence electrons.